The van der Waals surface area contributed by atoms with Crippen molar-refractivity contribution >= 4 is 11.6 Å². The van der Waals surface area contributed by atoms with E-state index in [2.05, 4.69) is 10.3 Å². The number of nitrogens with zero attached hydrogens (tertiary/aromatic N) is 3. The number of methoxy groups -OCH3 is 1. The SMILES string of the molecule is COc1cccc(Cn2cc(CCl)nn2)c1F. The Bertz CT molecular complexity index is 515. The Morgan fingerprint density at radius 3 is 2.94 bits per heavy atom. The van der Waals surface area contributed by atoms with E-state index in [0.717, 1.165) is 0 Å². The lowest BCUT2D eigenvalue weighted by Crippen LogP contribution is -2.03. The van der Waals surface area contributed by atoms with Crippen LogP contribution in [-0.2, 0) is 12.4 Å². The Labute approximate surface area is 103 Å². The molecule has 17 heavy (non-hydrogen) atoms. The van der Waals surface area contributed by atoms with Crippen LogP contribution in [0, 0.1) is 5.82 Å². The molecule has 0 saturated carbocycles. The number of ether oxygens (including phenoxy) is 1. The molecule has 1 aromatic carbocycles. The van der Waals surface area contributed by atoms with Gasteiger partial charge in [0, 0.05) is 5.56 Å². The van der Waals surface area contributed by atoms with Crippen molar-refractivity contribution in [1.82, 2.24) is 15.0 Å². The second kappa shape index (κ2) is 5.14. The highest BCUT2D eigenvalue weighted by Gasteiger charge is 2.09. The van der Waals surface area contributed by atoms with Gasteiger partial charge in [-0.3, -0.25) is 0 Å². The van der Waals surface area contributed by atoms with Gasteiger partial charge in [0.15, 0.2) is 11.6 Å². The van der Waals surface area contributed by atoms with E-state index in [4.69, 9.17) is 16.3 Å². The number of aromatic nitrogens is 3. The summed E-state index contributed by atoms with van der Waals surface area (Å²) in [4.78, 5) is 0. The molecule has 0 bridgehead atoms. The molecule has 90 valence electrons. The van der Waals surface area contributed by atoms with Gasteiger partial charge in [0.1, 0.15) is 0 Å². The molecule has 0 aliphatic carbocycles. The average molecular weight is 256 g/mol. The molecule has 4 nitrogen and oxygen atoms in total. The summed E-state index contributed by atoms with van der Waals surface area (Å²) in [5.41, 5.74) is 1.16. The van der Waals surface area contributed by atoms with Crippen LogP contribution in [-0.4, -0.2) is 22.1 Å². The van der Waals surface area contributed by atoms with E-state index in [9.17, 15) is 4.39 Å². The van der Waals surface area contributed by atoms with E-state index < -0.39 is 0 Å². The van der Waals surface area contributed by atoms with Crippen molar-refractivity contribution in [3.8, 4) is 5.75 Å². The van der Waals surface area contributed by atoms with Crippen LogP contribution in [0.25, 0.3) is 0 Å². The molecule has 6 heteroatoms. The number of halogens is 2. The molecule has 2 rings (SSSR count). The summed E-state index contributed by atoms with van der Waals surface area (Å²) >= 11 is 5.61. The fraction of sp³-hybridized carbons (Fsp3) is 0.273. The Morgan fingerprint density at radius 2 is 2.29 bits per heavy atom. The predicted molar refractivity (Wildman–Crippen MR) is 61.6 cm³/mol. The van der Waals surface area contributed by atoms with Gasteiger partial charge in [0.25, 0.3) is 0 Å². The summed E-state index contributed by atoms with van der Waals surface area (Å²) in [6.07, 6.45) is 1.69. The molecule has 1 aromatic heterocycles. The van der Waals surface area contributed by atoms with Crippen molar-refractivity contribution in [1.29, 1.82) is 0 Å². The maximum absolute atomic E-state index is 13.8. The minimum atomic E-state index is -0.377. The zero-order chi connectivity index (χ0) is 12.3. The standard InChI is InChI=1S/C11H11ClFN3O/c1-17-10-4-2-3-8(11(10)13)6-16-7-9(5-12)14-15-16/h2-4,7H,5-6H2,1H3. The van der Waals surface area contributed by atoms with Crippen molar-refractivity contribution in [3.05, 3.63) is 41.5 Å². The lowest BCUT2D eigenvalue weighted by Gasteiger charge is -2.06. The molecule has 0 aliphatic heterocycles. The van der Waals surface area contributed by atoms with E-state index >= 15 is 0 Å². The van der Waals surface area contributed by atoms with Crippen molar-refractivity contribution in [3.63, 3.8) is 0 Å². The van der Waals surface area contributed by atoms with Crippen molar-refractivity contribution in [2.75, 3.05) is 7.11 Å². The molecule has 0 N–H and O–H groups in total. The van der Waals surface area contributed by atoms with E-state index in [-0.39, 0.29) is 11.6 Å². The highest BCUT2D eigenvalue weighted by molar-refractivity contribution is 6.16. The summed E-state index contributed by atoms with van der Waals surface area (Å²) in [6, 6.07) is 4.99. The normalized spacial score (nSPS) is 10.5. The van der Waals surface area contributed by atoms with Gasteiger partial charge in [-0.05, 0) is 6.07 Å². The quantitative estimate of drug-likeness (QED) is 0.787. The van der Waals surface area contributed by atoms with Crippen LogP contribution in [0.2, 0.25) is 0 Å². The molecule has 1 heterocycles. The summed E-state index contributed by atoms with van der Waals surface area (Å²) in [6.45, 7) is 0.299. The zero-order valence-electron chi connectivity index (χ0n) is 9.23. The van der Waals surface area contributed by atoms with Gasteiger partial charge in [-0.15, -0.1) is 16.7 Å². The lowest BCUT2D eigenvalue weighted by molar-refractivity contribution is 0.383. The largest absolute Gasteiger partial charge is 0.494 e. The van der Waals surface area contributed by atoms with Crippen LogP contribution in [0.1, 0.15) is 11.3 Å². The number of hydrogen-bond acceptors (Lipinski definition) is 3. The fourth-order valence-electron chi connectivity index (χ4n) is 1.49. The number of alkyl halides is 1. The molecule has 0 atom stereocenters. The summed E-state index contributed by atoms with van der Waals surface area (Å²) in [7, 11) is 1.43. The van der Waals surface area contributed by atoms with Crippen LogP contribution in [0.4, 0.5) is 4.39 Å². The first kappa shape index (κ1) is 11.9. The molecule has 0 amide bonds. The van der Waals surface area contributed by atoms with E-state index in [1.54, 1.807) is 24.4 Å². The molecule has 0 fully saturated rings. The number of hydrogen-bond donors (Lipinski definition) is 0. The molecular formula is C11H11ClFN3O. The average Bonchev–Trinajstić information content (AvgIpc) is 2.79. The van der Waals surface area contributed by atoms with E-state index in [1.807, 2.05) is 0 Å². The van der Waals surface area contributed by atoms with Gasteiger partial charge >= 0.3 is 0 Å². The topological polar surface area (TPSA) is 39.9 Å². The lowest BCUT2D eigenvalue weighted by atomic mass is 10.2. The third kappa shape index (κ3) is 2.55. The summed E-state index contributed by atoms with van der Waals surface area (Å²) in [5, 5.41) is 7.68. The van der Waals surface area contributed by atoms with Crippen LogP contribution in [0.5, 0.6) is 5.75 Å². The molecular weight excluding hydrogens is 245 g/mol. The van der Waals surface area contributed by atoms with E-state index in [0.29, 0.717) is 23.7 Å². The van der Waals surface area contributed by atoms with Gasteiger partial charge in [-0.2, -0.15) is 0 Å². The molecule has 0 spiro atoms. The van der Waals surface area contributed by atoms with Crippen molar-refractivity contribution < 1.29 is 9.13 Å². The van der Waals surface area contributed by atoms with Crippen LogP contribution in [0.15, 0.2) is 24.4 Å². The van der Waals surface area contributed by atoms with Gasteiger partial charge in [-0.1, -0.05) is 17.3 Å². The zero-order valence-corrected chi connectivity index (χ0v) is 9.99. The number of benzene rings is 1. The monoisotopic (exact) mass is 255 g/mol. The van der Waals surface area contributed by atoms with Crippen molar-refractivity contribution in [2.24, 2.45) is 0 Å². The molecule has 0 radical (unpaired) electrons. The highest BCUT2D eigenvalue weighted by atomic mass is 35.5. The van der Waals surface area contributed by atoms with Crippen LogP contribution >= 0.6 is 11.6 Å². The molecule has 0 unspecified atom stereocenters. The maximum atomic E-state index is 13.8. The number of rotatable bonds is 4. The van der Waals surface area contributed by atoms with Crippen molar-refractivity contribution in [2.45, 2.75) is 12.4 Å². The molecule has 0 aliphatic rings. The second-order valence-electron chi connectivity index (χ2n) is 3.47. The highest BCUT2D eigenvalue weighted by Crippen LogP contribution is 2.20. The summed E-state index contributed by atoms with van der Waals surface area (Å²) in [5.74, 6) is 0.138. The first-order valence-electron chi connectivity index (χ1n) is 5.01. The van der Waals surface area contributed by atoms with E-state index in [1.165, 1.54) is 11.8 Å². The predicted octanol–water partition coefficient (Wildman–Crippen LogP) is 2.21. The van der Waals surface area contributed by atoms with Gasteiger partial charge in [0.05, 0.1) is 31.4 Å². The minimum Gasteiger partial charge on any atom is -0.494 e. The Hall–Kier alpha value is -1.62. The third-order valence-corrected chi connectivity index (χ3v) is 2.59. The van der Waals surface area contributed by atoms with Gasteiger partial charge in [-0.25, -0.2) is 9.07 Å². The van der Waals surface area contributed by atoms with Crippen LogP contribution < -0.4 is 4.74 Å². The van der Waals surface area contributed by atoms with Gasteiger partial charge in [0.2, 0.25) is 0 Å². The third-order valence-electron chi connectivity index (χ3n) is 2.32. The molecule has 0 saturated heterocycles. The van der Waals surface area contributed by atoms with Crippen LogP contribution in [0.3, 0.4) is 0 Å². The smallest absolute Gasteiger partial charge is 0.170 e. The maximum Gasteiger partial charge on any atom is 0.170 e. The Kier molecular flexibility index (Phi) is 3.58. The van der Waals surface area contributed by atoms with Gasteiger partial charge < -0.3 is 4.74 Å². The Morgan fingerprint density at radius 1 is 1.47 bits per heavy atom. The molecule has 2 aromatic rings. The first-order valence-corrected chi connectivity index (χ1v) is 5.54. The first-order chi connectivity index (χ1) is 8.24. The Balaban J connectivity index is 2.23. The minimum absolute atomic E-state index is 0.222. The fourth-order valence-corrected chi connectivity index (χ4v) is 1.61. The summed E-state index contributed by atoms with van der Waals surface area (Å²) < 4.78 is 20.3. The second-order valence-corrected chi connectivity index (χ2v) is 3.74.